The maximum Gasteiger partial charge on any atom is 0.311 e. The average Bonchev–Trinajstić information content (AvgIpc) is 2.61. The number of fused-ring (bicyclic) bond motifs is 1. The third-order valence-corrected chi connectivity index (χ3v) is 5.42. The summed E-state index contributed by atoms with van der Waals surface area (Å²) in [6.45, 7) is 4.29. The number of carbonyl (C=O) groups is 1. The molecule has 0 bridgehead atoms. The molecule has 0 amide bonds. The summed E-state index contributed by atoms with van der Waals surface area (Å²) in [5.74, 6) is 2.14. The van der Waals surface area contributed by atoms with Gasteiger partial charge in [-0.15, -0.1) is 0 Å². The Balaban J connectivity index is 1.74. The number of hydrogen-bond donors (Lipinski definition) is 0. The molecule has 128 valence electrons. The summed E-state index contributed by atoms with van der Waals surface area (Å²) in [6.07, 6.45) is 7.97. The first-order valence-electron chi connectivity index (χ1n) is 9.44. The highest BCUT2D eigenvalue weighted by Gasteiger charge is 2.21. The summed E-state index contributed by atoms with van der Waals surface area (Å²) in [5.41, 5.74) is 1.47. The molecule has 3 rings (SSSR count). The van der Waals surface area contributed by atoms with E-state index < -0.39 is 0 Å². The maximum absolute atomic E-state index is 11.6. The molecule has 1 aliphatic rings. The van der Waals surface area contributed by atoms with E-state index in [0.717, 1.165) is 17.7 Å². The molecular weight excluding hydrogens is 296 g/mol. The van der Waals surface area contributed by atoms with Crippen molar-refractivity contribution in [1.82, 2.24) is 0 Å². The van der Waals surface area contributed by atoms with Gasteiger partial charge >= 0.3 is 5.97 Å². The zero-order valence-corrected chi connectivity index (χ0v) is 14.9. The minimum absolute atomic E-state index is 0.152. The topological polar surface area (TPSA) is 26.3 Å². The van der Waals surface area contributed by atoms with E-state index in [2.05, 4.69) is 31.2 Å². The highest BCUT2D eigenvalue weighted by Crippen LogP contribution is 2.38. The molecule has 0 aromatic heterocycles. The Bertz CT molecular complexity index is 696. The molecule has 1 aliphatic carbocycles. The second kappa shape index (κ2) is 7.83. The first-order valence-corrected chi connectivity index (χ1v) is 9.44. The van der Waals surface area contributed by atoms with Crippen LogP contribution in [0.3, 0.4) is 0 Å². The largest absolute Gasteiger partial charge is 0.427 e. The highest BCUT2D eigenvalue weighted by molar-refractivity contribution is 5.85. The molecule has 2 nitrogen and oxygen atoms in total. The van der Waals surface area contributed by atoms with Crippen molar-refractivity contribution in [3.05, 3.63) is 42.0 Å². The molecule has 0 heterocycles. The Morgan fingerprint density at radius 3 is 2.42 bits per heavy atom. The van der Waals surface area contributed by atoms with E-state index >= 15 is 0 Å². The van der Waals surface area contributed by atoms with Crippen LogP contribution in [-0.4, -0.2) is 5.97 Å². The van der Waals surface area contributed by atoms with Gasteiger partial charge in [0.25, 0.3) is 0 Å². The van der Waals surface area contributed by atoms with Gasteiger partial charge in [0.1, 0.15) is 5.75 Å². The van der Waals surface area contributed by atoms with Gasteiger partial charge in [0.2, 0.25) is 0 Å². The fourth-order valence-electron chi connectivity index (χ4n) is 3.85. The number of ether oxygens (including phenoxy) is 1. The van der Waals surface area contributed by atoms with Crippen molar-refractivity contribution in [2.24, 2.45) is 5.92 Å². The predicted octanol–water partition coefficient (Wildman–Crippen LogP) is 6.23. The molecule has 0 radical (unpaired) electrons. The summed E-state index contributed by atoms with van der Waals surface area (Å²) < 4.78 is 5.39. The van der Waals surface area contributed by atoms with Gasteiger partial charge in [0.05, 0.1) is 0 Å². The summed E-state index contributed by atoms with van der Waals surface area (Å²) in [6, 6.07) is 12.7. The third-order valence-electron chi connectivity index (χ3n) is 5.42. The van der Waals surface area contributed by atoms with Crippen LogP contribution in [0.4, 0.5) is 0 Å². The van der Waals surface area contributed by atoms with E-state index in [4.69, 9.17) is 4.74 Å². The van der Waals surface area contributed by atoms with E-state index in [1.165, 1.54) is 43.1 Å². The Labute approximate surface area is 145 Å². The normalized spacial score (nSPS) is 20.9. The Morgan fingerprint density at radius 2 is 1.71 bits per heavy atom. The van der Waals surface area contributed by atoms with Gasteiger partial charge in [-0.3, -0.25) is 4.79 Å². The molecular formula is C22H28O2. The lowest BCUT2D eigenvalue weighted by molar-refractivity contribution is -0.134. The SMILES string of the molecule is CCCC(=O)Oc1ccc2cc([C@H]3CC[C@H](CC)CC3)ccc2c1. The molecule has 2 heteroatoms. The molecule has 0 spiro atoms. The Kier molecular flexibility index (Phi) is 5.55. The van der Waals surface area contributed by atoms with Gasteiger partial charge in [-0.05, 0) is 72.4 Å². The number of rotatable bonds is 5. The zero-order chi connectivity index (χ0) is 16.9. The third kappa shape index (κ3) is 3.98. The van der Waals surface area contributed by atoms with Crippen molar-refractivity contribution in [1.29, 1.82) is 0 Å². The van der Waals surface area contributed by atoms with Crippen molar-refractivity contribution in [2.45, 2.75) is 64.7 Å². The standard InChI is InChI=1S/C22H28O2/c1-3-5-22(23)24-21-13-12-19-14-18(10-11-20(19)15-21)17-8-6-16(4-2)7-9-17/h10-17H,3-9H2,1-2H3/t16-,17-. The molecule has 2 aromatic rings. The molecule has 24 heavy (non-hydrogen) atoms. The molecule has 1 saturated carbocycles. The van der Waals surface area contributed by atoms with Gasteiger partial charge in [-0.1, -0.05) is 44.5 Å². The number of esters is 1. The van der Waals surface area contributed by atoms with E-state index in [1.807, 2.05) is 19.1 Å². The Hall–Kier alpha value is -1.83. The fraction of sp³-hybridized carbons (Fsp3) is 0.500. The van der Waals surface area contributed by atoms with Gasteiger partial charge in [-0.25, -0.2) is 0 Å². The second-order valence-corrected chi connectivity index (χ2v) is 7.12. The molecule has 0 N–H and O–H groups in total. The van der Waals surface area contributed by atoms with Crippen molar-refractivity contribution in [3.8, 4) is 5.75 Å². The van der Waals surface area contributed by atoms with Crippen LogP contribution in [0.5, 0.6) is 5.75 Å². The van der Waals surface area contributed by atoms with Crippen LogP contribution in [0.15, 0.2) is 36.4 Å². The fourth-order valence-corrected chi connectivity index (χ4v) is 3.85. The van der Waals surface area contributed by atoms with Crippen LogP contribution in [0, 0.1) is 5.92 Å². The number of hydrogen-bond acceptors (Lipinski definition) is 2. The van der Waals surface area contributed by atoms with Gasteiger partial charge in [-0.2, -0.15) is 0 Å². The molecule has 1 fully saturated rings. The second-order valence-electron chi connectivity index (χ2n) is 7.12. The molecule has 0 atom stereocenters. The smallest absolute Gasteiger partial charge is 0.311 e. The minimum Gasteiger partial charge on any atom is -0.427 e. The first kappa shape index (κ1) is 17.0. The lowest BCUT2D eigenvalue weighted by Crippen LogP contribution is -2.12. The molecule has 0 unspecified atom stereocenters. The van der Waals surface area contributed by atoms with Crippen molar-refractivity contribution in [3.63, 3.8) is 0 Å². The van der Waals surface area contributed by atoms with E-state index in [-0.39, 0.29) is 5.97 Å². The van der Waals surface area contributed by atoms with E-state index in [0.29, 0.717) is 18.1 Å². The number of benzene rings is 2. The van der Waals surface area contributed by atoms with Gasteiger partial charge in [0.15, 0.2) is 0 Å². The van der Waals surface area contributed by atoms with Crippen molar-refractivity contribution >= 4 is 16.7 Å². The van der Waals surface area contributed by atoms with Crippen LogP contribution in [0.25, 0.3) is 10.8 Å². The number of carbonyl (C=O) groups excluding carboxylic acids is 1. The molecule has 2 aromatic carbocycles. The Morgan fingerprint density at radius 1 is 1.00 bits per heavy atom. The molecule has 0 aliphatic heterocycles. The lowest BCUT2D eigenvalue weighted by Gasteiger charge is -2.28. The highest BCUT2D eigenvalue weighted by atomic mass is 16.5. The summed E-state index contributed by atoms with van der Waals surface area (Å²) >= 11 is 0. The summed E-state index contributed by atoms with van der Waals surface area (Å²) in [5, 5.41) is 2.38. The lowest BCUT2D eigenvalue weighted by atomic mass is 9.77. The monoisotopic (exact) mass is 324 g/mol. The first-order chi connectivity index (χ1) is 11.7. The van der Waals surface area contributed by atoms with E-state index in [1.54, 1.807) is 0 Å². The van der Waals surface area contributed by atoms with Crippen LogP contribution in [0.2, 0.25) is 0 Å². The summed E-state index contributed by atoms with van der Waals surface area (Å²) in [7, 11) is 0. The zero-order valence-electron chi connectivity index (χ0n) is 14.9. The minimum atomic E-state index is -0.152. The van der Waals surface area contributed by atoms with Gasteiger partial charge in [0, 0.05) is 6.42 Å². The average molecular weight is 324 g/mol. The molecule has 0 saturated heterocycles. The van der Waals surface area contributed by atoms with Crippen LogP contribution in [0.1, 0.15) is 70.3 Å². The van der Waals surface area contributed by atoms with Gasteiger partial charge < -0.3 is 4.74 Å². The van der Waals surface area contributed by atoms with Crippen LogP contribution in [-0.2, 0) is 4.79 Å². The summed E-state index contributed by atoms with van der Waals surface area (Å²) in [4.78, 5) is 11.6. The van der Waals surface area contributed by atoms with Crippen molar-refractivity contribution < 1.29 is 9.53 Å². The van der Waals surface area contributed by atoms with Crippen LogP contribution < -0.4 is 4.74 Å². The van der Waals surface area contributed by atoms with E-state index in [9.17, 15) is 4.79 Å². The van der Waals surface area contributed by atoms with Crippen LogP contribution >= 0.6 is 0 Å². The predicted molar refractivity (Wildman–Crippen MR) is 99.5 cm³/mol. The quantitative estimate of drug-likeness (QED) is 0.481. The maximum atomic E-state index is 11.6. The van der Waals surface area contributed by atoms with Crippen molar-refractivity contribution in [2.75, 3.05) is 0 Å².